The molecule has 1 saturated carbocycles. The number of hydrogen-bond acceptors (Lipinski definition) is 5. The quantitative estimate of drug-likeness (QED) is 0.194. The first kappa shape index (κ1) is 33.7. The number of carbonyl (C=O) groups is 2. The lowest BCUT2D eigenvalue weighted by molar-refractivity contribution is -0.119. The molecule has 0 bridgehead atoms. The molecule has 3 aromatic carbocycles. The largest absolute Gasteiger partial charge is 0.598 e. The Kier molecular flexibility index (Phi) is 10.3. The standard InChI is InChI=1S/C35H39ClFN5O3S/c1-34(2,3)46(45)41-35(18-17-23-9-10-23,25-7-4-6-24(20-25)22-38)26-11-16-29(37)30(21-26)40-32(43)31-8-5-19-42(31)33(44)39-28-14-12-27(36)13-15-28/h4,6-7,11-16,20-21,23,31,41H,5,8-10,17-19H2,1-3H3,(H,39,44)(H,40,43)/t31-,35-,46-/m1/s1. The molecular formula is C35H39ClFN5O3S. The van der Waals surface area contributed by atoms with Crippen molar-refractivity contribution in [3.63, 3.8) is 0 Å². The Morgan fingerprint density at radius 1 is 1.04 bits per heavy atom. The van der Waals surface area contributed by atoms with Crippen LogP contribution < -0.4 is 15.4 Å². The van der Waals surface area contributed by atoms with E-state index in [-0.39, 0.29) is 5.69 Å². The van der Waals surface area contributed by atoms with E-state index in [1.807, 2.05) is 26.8 Å². The Hall–Kier alpha value is -3.62. The summed E-state index contributed by atoms with van der Waals surface area (Å²) in [5, 5.41) is 15.8. The highest BCUT2D eigenvalue weighted by atomic mass is 35.5. The Morgan fingerprint density at radius 3 is 2.43 bits per heavy atom. The first-order chi connectivity index (χ1) is 21.9. The van der Waals surface area contributed by atoms with Crippen molar-refractivity contribution >= 4 is 46.3 Å². The van der Waals surface area contributed by atoms with Gasteiger partial charge in [-0.2, -0.15) is 5.26 Å². The summed E-state index contributed by atoms with van der Waals surface area (Å²) >= 11 is 4.42. The fourth-order valence-electron chi connectivity index (χ4n) is 5.73. The minimum atomic E-state index is -1.54. The highest BCUT2D eigenvalue weighted by molar-refractivity contribution is 7.90. The molecular weight excluding hydrogens is 625 g/mol. The van der Waals surface area contributed by atoms with Gasteiger partial charge in [-0.3, -0.25) is 4.79 Å². The second-order valence-electron chi connectivity index (χ2n) is 13.0. The third-order valence-electron chi connectivity index (χ3n) is 8.56. The van der Waals surface area contributed by atoms with Gasteiger partial charge < -0.3 is 20.1 Å². The molecule has 1 saturated heterocycles. The molecule has 1 heterocycles. The summed E-state index contributed by atoms with van der Waals surface area (Å²) in [6.45, 7) is 6.00. The van der Waals surface area contributed by atoms with Crippen molar-refractivity contribution < 1.29 is 18.5 Å². The highest BCUT2D eigenvalue weighted by Gasteiger charge is 2.44. The van der Waals surface area contributed by atoms with Crippen LogP contribution in [0.1, 0.15) is 76.0 Å². The number of benzene rings is 3. The van der Waals surface area contributed by atoms with E-state index < -0.39 is 45.4 Å². The molecule has 3 atom stereocenters. The monoisotopic (exact) mass is 663 g/mol. The zero-order valence-corrected chi connectivity index (χ0v) is 27.8. The lowest BCUT2D eigenvalue weighted by Gasteiger charge is -2.39. The number of rotatable bonds is 10. The van der Waals surface area contributed by atoms with Crippen molar-refractivity contribution in [1.82, 2.24) is 9.62 Å². The zero-order chi connectivity index (χ0) is 33.1. The van der Waals surface area contributed by atoms with E-state index >= 15 is 4.39 Å². The Balaban J connectivity index is 1.47. The number of amides is 3. The molecule has 1 aliphatic heterocycles. The third kappa shape index (κ3) is 7.84. The number of halogens is 2. The number of carbonyl (C=O) groups excluding carboxylic acids is 2. The van der Waals surface area contributed by atoms with Crippen LogP contribution in [0.25, 0.3) is 0 Å². The predicted molar refractivity (Wildman–Crippen MR) is 180 cm³/mol. The second kappa shape index (κ2) is 14.0. The van der Waals surface area contributed by atoms with Crippen molar-refractivity contribution in [2.75, 3.05) is 17.2 Å². The zero-order valence-electron chi connectivity index (χ0n) is 26.2. The molecule has 0 aromatic heterocycles. The molecule has 2 aliphatic rings. The number of nitriles is 1. The van der Waals surface area contributed by atoms with Gasteiger partial charge in [0.15, 0.2) is 0 Å². The summed E-state index contributed by atoms with van der Waals surface area (Å²) in [6, 6.07) is 19.3. The number of urea groups is 1. The van der Waals surface area contributed by atoms with Crippen molar-refractivity contribution in [2.24, 2.45) is 5.92 Å². The van der Waals surface area contributed by atoms with E-state index in [9.17, 15) is 19.4 Å². The maximum Gasteiger partial charge on any atom is 0.322 e. The summed E-state index contributed by atoms with van der Waals surface area (Å²) in [5.74, 6) is -0.595. The molecule has 46 heavy (non-hydrogen) atoms. The van der Waals surface area contributed by atoms with Crippen LogP contribution in [0.5, 0.6) is 0 Å². The number of nitrogens with one attached hydrogen (secondary N) is 3. The van der Waals surface area contributed by atoms with E-state index in [1.54, 1.807) is 54.6 Å². The van der Waals surface area contributed by atoms with Gasteiger partial charge in [0.25, 0.3) is 0 Å². The topological polar surface area (TPSA) is 120 Å². The summed E-state index contributed by atoms with van der Waals surface area (Å²) < 4.78 is 32.0. The van der Waals surface area contributed by atoms with Crippen molar-refractivity contribution in [2.45, 2.75) is 75.6 Å². The van der Waals surface area contributed by atoms with Crippen LogP contribution in [-0.4, -0.2) is 38.7 Å². The van der Waals surface area contributed by atoms with Crippen molar-refractivity contribution in [1.29, 1.82) is 5.26 Å². The van der Waals surface area contributed by atoms with Gasteiger partial charge in [0, 0.05) is 28.6 Å². The number of anilines is 2. The van der Waals surface area contributed by atoms with E-state index in [4.69, 9.17) is 11.6 Å². The SMILES string of the molecule is CC(C)(C)[S@@+]([O-])N[C@](CCC1CC1)(c1cccc(C#N)c1)c1ccc(F)c(NC(=O)[C@H]2CCCN2C(=O)Nc2ccc(Cl)cc2)c1. The van der Waals surface area contributed by atoms with E-state index in [1.165, 1.54) is 11.0 Å². The number of hydrogen-bond donors (Lipinski definition) is 3. The van der Waals surface area contributed by atoms with Gasteiger partial charge in [0.2, 0.25) is 5.91 Å². The normalized spacial score (nSPS) is 18.4. The molecule has 0 spiro atoms. The van der Waals surface area contributed by atoms with Crippen LogP contribution in [0.2, 0.25) is 5.02 Å². The van der Waals surface area contributed by atoms with Crippen LogP contribution in [0.4, 0.5) is 20.6 Å². The molecule has 0 unspecified atom stereocenters. The molecule has 2 fully saturated rings. The van der Waals surface area contributed by atoms with Gasteiger partial charge in [-0.1, -0.05) is 42.6 Å². The van der Waals surface area contributed by atoms with Gasteiger partial charge >= 0.3 is 6.03 Å². The van der Waals surface area contributed by atoms with Gasteiger partial charge in [0.1, 0.15) is 22.1 Å². The highest BCUT2D eigenvalue weighted by Crippen LogP contribution is 2.43. The van der Waals surface area contributed by atoms with Crippen LogP contribution in [0, 0.1) is 23.1 Å². The Labute approximate surface area is 278 Å². The maximum absolute atomic E-state index is 15.4. The predicted octanol–water partition coefficient (Wildman–Crippen LogP) is 7.47. The molecule has 1 aliphatic carbocycles. The molecule has 3 aromatic rings. The summed E-state index contributed by atoms with van der Waals surface area (Å²) in [6.07, 6.45) is 4.67. The van der Waals surface area contributed by atoms with Gasteiger partial charge in [-0.25, -0.2) is 9.18 Å². The van der Waals surface area contributed by atoms with Gasteiger partial charge in [-0.05, 0) is 112 Å². The molecule has 8 nitrogen and oxygen atoms in total. The summed E-state index contributed by atoms with van der Waals surface area (Å²) in [5.41, 5.74) is 1.25. The molecule has 242 valence electrons. The fraction of sp³-hybridized carbons (Fsp3) is 0.400. The van der Waals surface area contributed by atoms with Crippen molar-refractivity contribution in [3.05, 3.63) is 94.3 Å². The smallest absolute Gasteiger partial charge is 0.322 e. The van der Waals surface area contributed by atoms with Gasteiger partial charge in [-0.15, -0.1) is 4.72 Å². The maximum atomic E-state index is 15.4. The third-order valence-corrected chi connectivity index (χ3v) is 10.5. The first-order valence-electron chi connectivity index (χ1n) is 15.5. The summed E-state index contributed by atoms with van der Waals surface area (Å²) in [7, 11) is 0. The van der Waals surface area contributed by atoms with Crippen LogP contribution >= 0.6 is 11.6 Å². The van der Waals surface area contributed by atoms with E-state index in [0.717, 1.165) is 24.8 Å². The minimum absolute atomic E-state index is 0.0389. The molecule has 3 amide bonds. The Morgan fingerprint density at radius 2 is 1.76 bits per heavy atom. The fourth-order valence-corrected chi connectivity index (χ4v) is 6.82. The van der Waals surface area contributed by atoms with E-state index in [0.29, 0.717) is 53.6 Å². The van der Waals surface area contributed by atoms with Gasteiger partial charge in [0.05, 0.1) is 17.3 Å². The lowest BCUT2D eigenvalue weighted by Crippen LogP contribution is -2.52. The number of likely N-dealkylation sites (tertiary alicyclic amines) is 1. The van der Waals surface area contributed by atoms with Crippen LogP contribution in [0.15, 0.2) is 66.7 Å². The minimum Gasteiger partial charge on any atom is -0.598 e. The average Bonchev–Trinajstić information content (AvgIpc) is 3.73. The molecule has 11 heteroatoms. The van der Waals surface area contributed by atoms with E-state index in [2.05, 4.69) is 21.4 Å². The second-order valence-corrected chi connectivity index (χ2v) is 15.4. The summed E-state index contributed by atoms with van der Waals surface area (Å²) in [4.78, 5) is 28.2. The molecule has 0 radical (unpaired) electrons. The van der Waals surface area contributed by atoms with Crippen LogP contribution in [0.3, 0.4) is 0 Å². The Bertz CT molecular complexity index is 1620. The lowest BCUT2D eigenvalue weighted by atomic mass is 9.79. The number of nitrogens with zero attached hydrogens (tertiary/aromatic N) is 2. The molecule has 5 rings (SSSR count). The van der Waals surface area contributed by atoms with Crippen molar-refractivity contribution in [3.8, 4) is 6.07 Å². The first-order valence-corrected chi connectivity index (χ1v) is 17.1. The average molecular weight is 664 g/mol. The molecule has 3 N–H and O–H groups in total. The van der Waals surface area contributed by atoms with Crippen LogP contribution in [-0.2, 0) is 21.7 Å².